The predicted molar refractivity (Wildman–Crippen MR) is 61.3 cm³/mol. The molecular formula is C9H8N4O3S. The average molecular weight is 252 g/mol. The molecule has 0 saturated heterocycles. The molecule has 0 unspecified atom stereocenters. The molecule has 0 aliphatic rings. The zero-order valence-electron chi connectivity index (χ0n) is 9.04. The molecule has 0 amide bonds. The third-order valence-corrected chi connectivity index (χ3v) is 2.88. The number of hydrogen-bond donors (Lipinski definition) is 1. The Kier molecular flexibility index (Phi) is 2.80. The SMILES string of the molecule is CSc1nc2ncc(C(=O)O)nc2c(=O)n1C. The maximum absolute atomic E-state index is 11.9. The Morgan fingerprint density at radius 3 is 2.76 bits per heavy atom. The summed E-state index contributed by atoms with van der Waals surface area (Å²) in [6.07, 6.45) is 2.87. The summed E-state index contributed by atoms with van der Waals surface area (Å²) in [6, 6.07) is 0. The van der Waals surface area contributed by atoms with Crippen LogP contribution in [0.3, 0.4) is 0 Å². The molecule has 0 bridgehead atoms. The predicted octanol–water partition coefficient (Wildman–Crippen LogP) is 0.144. The Hall–Kier alpha value is -1.96. The second kappa shape index (κ2) is 4.13. The number of rotatable bonds is 2. The molecular weight excluding hydrogens is 244 g/mol. The molecule has 0 spiro atoms. The van der Waals surface area contributed by atoms with Crippen LogP contribution in [0, 0.1) is 0 Å². The van der Waals surface area contributed by atoms with E-state index in [-0.39, 0.29) is 16.9 Å². The summed E-state index contributed by atoms with van der Waals surface area (Å²) in [5, 5.41) is 9.27. The van der Waals surface area contributed by atoms with E-state index in [1.807, 2.05) is 0 Å². The number of fused-ring (bicyclic) bond motifs is 1. The van der Waals surface area contributed by atoms with E-state index in [1.165, 1.54) is 16.3 Å². The van der Waals surface area contributed by atoms with Gasteiger partial charge in [-0.25, -0.2) is 19.7 Å². The monoisotopic (exact) mass is 252 g/mol. The molecule has 8 heteroatoms. The fourth-order valence-corrected chi connectivity index (χ4v) is 1.84. The highest BCUT2D eigenvalue weighted by Gasteiger charge is 2.13. The van der Waals surface area contributed by atoms with Gasteiger partial charge < -0.3 is 5.11 Å². The van der Waals surface area contributed by atoms with E-state index in [1.54, 1.807) is 13.3 Å². The van der Waals surface area contributed by atoms with Crippen molar-refractivity contribution in [2.45, 2.75) is 5.16 Å². The zero-order valence-corrected chi connectivity index (χ0v) is 9.85. The van der Waals surface area contributed by atoms with Crippen LogP contribution in [0.4, 0.5) is 0 Å². The van der Waals surface area contributed by atoms with Crippen molar-refractivity contribution in [2.24, 2.45) is 7.05 Å². The largest absolute Gasteiger partial charge is 0.476 e. The molecule has 1 N–H and O–H groups in total. The first-order valence-corrected chi connectivity index (χ1v) is 5.78. The van der Waals surface area contributed by atoms with Crippen LogP contribution >= 0.6 is 11.8 Å². The summed E-state index contributed by atoms with van der Waals surface area (Å²) in [5.74, 6) is -1.23. The quantitative estimate of drug-likeness (QED) is 0.599. The van der Waals surface area contributed by atoms with Crippen LogP contribution in [0.15, 0.2) is 16.1 Å². The smallest absolute Gasteiger partial charge is 0.356 e. The molecule has 7 nitrogen and oxygen atoms in total. The Labute approximate surface area is 99.5 Å². The minimum atomic E-state index is -1.23. The zero-order chi connectivity index (χ0) is 12.6. The normalized spacial score (nSPS) is 10.7. The van der Waals surface area contributed by atoms with E-state index in [4.69, 9.17) is 5.11 Å². The number of carboxylic acid groups (broad SMARTS) is 1. The van der Waals surface area contributed by atoms with Gasteiger partial charge in [0.1, 0.15) is 0 Å². The summed E-state index contributed by atoms with van der Waals surface area (Å²) in [4.78, 5) is 34.3. The highest BCUT2D eigenvalue weighted by molar-refractivity contribution is 7.98. The summed E-state index contributed by atoms with van der Waals surface area (Å²) in [6.45, 7) is 0. The molecule has 2 aromatic heterocycles. The Balaban J connectivity index is 2.83. The minimum Gasteiger partial charge on any atom is -0.476 e. The summed E-state index contributed by atoms with van der Waals surface area (Å²) in [7, 11) is 1.55. The first-order valence-electron chi connectivity index (χ1n) is 4.55. The maximum Gasteiger partial charge on any atom is 0.356 e. The molecule has 0 aliphatic heterocycles. The summed E-state index contributed by atoms with van der Waals surface area (Å²) in [5.41, 5.74) is -0.559. The lowest BCUT2D eigenvalue weighted by Crippen LogP contribution is -2.22. The summed E-state index contributed by atoms with van der Waals surface area (Å²) < 4.78 is 1.31. The molecule has 2 rings (SSSR count). The van der Waals surface area contributed by atoms with Gasteiger partial charge in [-0.15, -0.1) is 0 Å². The molecule has 0 saturated carbocycles. The van der Waals surface area contributed by atoms with Crippen molar-refractivity contribution in [2.75, 3.05) is 6.26 Å². The standard InChI is InChI=1S/C9H8N4O3S/c1-13-7(14)5-6(12-9(13)17-2)10-3-4(11-5)8(15)16/h3H,1-2H3,(H,15,16). The van der Waals surface area contributed by atoms with Crippen LogP contribution in [0.2, 0.25) is 0 Å². The highest BCUT2D eigenvalue weighted by Crippen LogP contribution is 2.11. The highest BCUT2D eigenvalue weighted by atomic mass is 32.2. The second-order valence-electron chi connectivity index (χ2n) is 3.20. The third-order valence-electron chi connectivity index (χ3n) is 2.15. The molecule has 17 heavy (non-hydrogen) atoms. The molecule has 0 aromatic carbocycles. The van der Waals surface area contributed by atoms with Crippen LogP contribution in [0.5, 0.6) is 0 Å². The van der Waals surface area contributed by atoms with E-state index in [0.29, 0.717) is 5.16 Å². The number of hydrogen-bond acceptors (Lipinski definition) is 6. The van der Waals surface area contributed by atoms with Crippen LogP contribution in [0.25, 0.3) is 11.2 Å². The van der Waals surface area contributed by atoms with Gasteiger partial charge in [0, 0.05) is 7.05 Å². The number of aromatic carboxylic acids is 1. The van der Waals surface area contributed by atoms with Gasteiger partial charge >= 0.3 is 5.97 Å². The molecule has 0 atom stereocenters. The van der Waals surface area contributed by atoms with E-state index >= 15 is 0 Å². The van der Waals surface area contributed by atoms with E-state index < -0.39 is 11.5 Å². The molecule has 0 aliphatic carbocycles. The van der Waals surface area contributed by atoms with Gasteiger partial charge in [-0.1, -0.05) is 11.8 Å². The van der Waals surface area contributed by atoms with Gasteiger partial charge in [0.2, 0.25) is 0 Å². The third kappa shape index (κ3) is 1.86. The Bertz CT molecular complexity index is 667. The van der Waals surface area contributed by atoms with Gasteiger partial charge in [-0.05, 0) is 6.26 Å². The molecule has 2 heterocycles. The topological polar surface area (TPSA) is 98.0 Å². The Morgan fingerprint density at radius 1 is 1.47 bits per heavy atom. The lowest BCUT2D eigenvalue weighted by atomic mass is 10.4. The molecule has 2 aromatic rings. The van der Waals surface area contributed by atoms with Crippen LogP contribution < -0.4 is 5.56 Å². The van der Waals surface area contributed by atoms with E-state index in [2.05, 4.69) is 15.0 Å². The van der Waals surface area contributed by atoms with Crippen LogP contribution in [-0.4, -0.2) is 36.9 Å². The number of carboxylic acids is 1. The lowest BCUT2D eigenvalue weighted by molar-refractivity contribution is 0.0690. The van der Waals surface area contributed by atoms with Gasteiger partial charge in [0.15, 0.2) is 22.0 Å². The van der Waals surface area contributed by atoms with Gasteiger partial charge in [0.25, 0.3) is 5.56 Å². The van der Waals surface area contributed by atoms with E-state index in [9.17, 15) is 9.59 Å². The van der Waals surface area contributed by atoms with Gasteiger partial charge in [-0.3, -0.25) is 9.36 Å². The van der Waals surface area contributed by atoms with Crippen molar-refractivity contribution in [1.82, 2.24) is 19.5 Å². The van der Waals surface area contributed by atoms with Crippen LogP contribution in [0.1, 0.15) is 10.5 Å². The fraction of sp³-hybridized carbons (Fsp3) is 0.222. The number of carbonyl (C=O) groups is 1. The van der Waals surface area contributed by atoms with Crippen molar-refractivity contribution >= 4 is 28.9 Å². The average Bonchev–Trinajstić information content (AvgIpc) is 2.33. The van der Waals surface area contributed by atoms with Gasteiger partial charge in [0.05, 0.1) is 6.20 Å². The number of nitrogens with zero attached hydrogens (tertiary/aromatic N) is 4. The van der Waals surface area contributed by atoms with Crippen molar-refractivity contribution in [1.29, 1.82) is 0 Å². The number of aromatic nitrogens is 4. The second-order valence-corrected chi connectivity index (χ2v) is 3.97. The number of thioether (sulfide) groups is 1. The van der Waals surface area contributed by atoms with E-state index in [0.717, 1.165) is 6.20 Å². The first-order chi connectivity index (χ1) is 8.04. The van der Waals surface area contributed by atoms with Crippen molar-refractivity contribution < 1.29 is 9.90 Å². The summed E-state index contributed by atoms with van der Waals surface area (Å²) >= 11 is 1.30. The van der Waals surface area contributed by atoms with Crippen LogP contribution in [-0.2, 0) is 7.05 Å². The van der Waals surface area contributed by atoms with Gasteiger partial charge in [-0.2, -0.15) is 0 Å². The Morgan fingerprint density at radius 2 is 2.18 bits per heavy atom. The van der Waals surface area contributed by atoms with Crippen molar-refractivity contribution in [3.63, 3.8) is 0 Å². The van der Waals surface area contributed by atoms with Crippen molar-refractivity contribution in [3.8, 4) is 0 Å². The maximum atomic E-state index is 11.9. The minimum absolute atomic E-state index is 0.0369. The lowest BCUT2D eigenvalue weighted by Gasteiger charge is -2.05. The molecule has 0 fully saturated rings. The first kappa shape index (κ1) is 11.5. The molecule has 0 radical (unpaired) electrons. The van der Waals surface area contributed by atoms with Crippen molar-refractivity contribution in [3.05, 3.63) is 22.2 Å². The molecule has 88 valence electrons. The fourth-order valence-electron chi connectivity index (χ4n) is 1.30.